The number of carbonyl (C=O) groups is 2. The predicted octanol–water partition coefficient (Wildman–Crippen LogP) is 2.88. The number of nitrogens with one attached hydrogen (secondary N) is 2. The highest BCUT2D eigenvalue weighted by Gasteiger charge is 2.08. The normalized spacial score (nSPS) is 10.8. The van der Waals surface area contributed by atoms with E-state index in [1.54, 1.807) is 0 Å². The zero-order chi connectivity index (χ0) is 19.5. The van der Waals surface area contributed by atoms with Crippen molar-refractivity contribution in [2.24, 2.45) is 11.0 Å². The summed E-state index contributed by atoms with van der Waals surface area (Å²) in [6, 6.07) is 17.3. The highest BCUT2D eigenvalue weighted by atomic mass is 16.5. The number of ether oxygens (including phenoxy) is 1. The van der Waals surface area contributed by atoms with Crippen molar-refractivity contribution in [3.05, 3.63) is 65.7 Å². The van der Waals surface area contributed by atoms with Gasteiger partial charge in [-0.2, -0.15) is 5.10 Å². The van der Waals surface area contributed by atoms with Crippen LogP contribution >= 0.6 is 0 Å². The maximum atomic E-state index is 11.7. The molecule has 6 heteroatoms. The number of amides is 2. The van der Waals surface area contributed by atoms with E-state index in [2.05, 4.69) is 15.8 Å². The fourth-order valence-electron chi connectivity index (χ4n) is 2.14. The van der Waals surface area contributed by atoms with Gasteiger partial charge in [0.2, 0.25) is 11.8 Å². The lowest BCUT2D eigenvalue weighted by Gasteiger charge is -2.07. The molecule has 0 heterocycles. The third-order valence-corrected chi connectivity index (χ3v) is 3.56. The average Bonchev–Trinajstić information content (AvgIpc) is 2.66. The average molecular weight is 367 g/mol. The second-order valence-electron chi connectivity index (χ2n) is 6.51. The van der Waals surface area contributed by atoms with Crippen LogP contribution in [0.3, 0.4) is 0 Å². The third kappa shape index (κ3) is 8.18. The lowest BCUT2D eigenvalue weighted by molar-refractivity contribution is -0.129. The SMILES string of the molecule is CC(C)CNC(=O)CC(=O)N/N=C\c1ccc(OCc2ccccc2)cc1. The number of hydrogen-bond donors (Lipinski definition) is 2. The fourth-order valence-corrected chi connectivity index (χ4v) is 2.14. The van der Waals surface area contributed by atoms with Gasteiger partial charge in [-0.25, -0.2) is 5.43 Å². The van der Waals surface area contributed by atoms with Crippen molar-refractivity contribution in [1.82, 2.24) is 10.7 Å². The quantitative estimate of drug-likeness (QED) is 0.406. The maximum absolute atomic E-state index is 11.7. The smallest absolute Gasteiger partial charge is 0.249 e. The van der Waals surface area contributed by atoms with Crippen LogP contribution in [0.1, 0.15) is 31.4 Å². The molecule has 27 heavy (non-hydrogen) atoms. The summed E-state index contributed by atoms with van der Waals surface area (Å²) in [4.78, 5) is 23.2. The Labute approximate surface area is 159 Å². The first-order valence-electron chi connectivity index (χ1n) is 8.88. The topological polar surface area (TPSA) is 79.8 Å². The van der Waals surface area contributed by atoms with Crippen molar-refractivity contribution in [3.8, 4) is 5.75 Å². The number of hydrogen-bond acceptors (Lipinski definition) is 4. The number of nitrogens with zero attached hydrogens (tertiary/aromatic N) is 1. The van der Waals surface area contributed by atoms with Gasteiger partial charge in [-0.05, 0) is 41.3 Å². The molecule has 2 rings (SSSR count). The van der Waals surface area contributed by atoms with Gasteiger partial charge in [-0.1, -0.05) is 44.2 Å². The van der Waals surface area contributed by atoms with Gasteiger partial charge in [0.25, 0.3) is 0 Å². The van der Waals surface area contributed by atoms with Crippen molar-refractivity contribution >= 4 is 18.0 Å². The van der Waals surface area contributed by atoms with E-state index < -0.39 is 5.91 Å². The molecule has 0 atom stereocenters. The Morgan fingerprint density at radius 1 is 1.04 bits per heavy atom. The lowest BCUT2D eigenvalue weighted by Crippen LogP contribution is -2.32. The summed E-state index contributed by atoms with van der Waals surface area (Å²) in [7, 11) is 0. The molecule has 0 bridgehead atoms. The summed E-state index contributed by atoms with van der Waals surface area (Å²) in [5.41, 5.74) is 4.26. The molecule has 0 spiro atoms. The van der Waals surface area contributed by atoms with E-state index in [-0.39, 0.29) is 12.3 Å². The van der Waals surface area contributed by atoms with Gasteiger partial charge in [0, 0.05) is 6.54 Å². The predicted molar refractivity (Wildman–Crippen MR) is 105 cm³/mol. The van der Waals surface area contributed by atoms with Crippen molar-refractivity contribution < 1.29 is 14.3 Å². The van der Waals surface area contributed by atoms with Crippen LogP contribution in [0.15, 0.2) is 59.7 Å². The maximum Gasteiger partial charge on any atom is 0.249 e. The Bertz CT molecular complexity index is 756. The molecule has 0 aliphatic carbocycles. The van der Waals surface area contributed by atoms with Crippen molar-refractivity contribution in [2.45, 2.75) is 26.9 Å². The van der Waals surface area contributed by atoms with Crippen LogP contribution in [0.5, 0.6) is 5.75 Å². The molecule has 0 saturated heterocycles. The van der Waals surface area contributed by atoms with Crippen LogP contribution in [0.25, 0.3) is 0 Å². The molecule has 142 valence electrons. The lowest BCUT2D eigenvalue weighted by atomic mass is 10.2. The van der Waals surface area contributed by atoms with E-state index in [1.165, 1.54) is 6.21 Å². The molecule has 0 saturated carbocycles. The molecule has 0 aliphatic heterocycles. The molecular formula is C21H25N3O3. The molecule has 0 fully saturated rings. The number of rotatable bonds is 9. The first-order chi connectivity index (χ1) is 13.0. The van der Waals surface area contributed by atoms with E-state index in [4.69, 9.17) is 4.74 Å². The summed E-state index contributed by atoms with van der Waals surface area (Å²) >= 11 is 0. The second kappa shape index (κ2) is 10.8. The van der Waals surface area contributed by atoms with Crippen molar-refractivity contribution in [1.29, 1.82) is 0 Å². The first-order valence-corrected chi connectivity index (χ1v) is 8.88. The third-order valence-electron chi connectivity index (χ3n) is 3.56. The Morgan fingerprint density at radius 3 is 2.41 bits per heavy atom. The van der Waals surface area contributed by atoms with Gasteiger partial charge in [0.15, 0.2) is 0 Å². The molecule has 2 amide bonds. The summed E-state index contributed by atoms with van der Waals surface area (Å²) in [6.45, 7) is 5.03. The Balaban J connectivity index is 1.73. The van der Waals surface area contributed by atoms with Crippen LogP contribution in [-0.2, 0) is 16.2 Å². The molecule has 2 N–H and O–H groups in total. The summed E-state index contributed by atoms with van der Waals surface area (Å²) in [6.07, 6.45) is 1.28. The number of hydrazone groups is 1. The Kier molecular flexibility index (Phi) is 8.03. The van der Waals surface area contributed by atoms with Gasteiger partial charge < -0.3 is 10.1 Å². The number of benzene rings is 2. The largest absolute Gasteiger partial charge is 0.489 e. The highest BCUT2D eigenvalue weighted by molar-refractivity contribution is 5.97. The van der Waals surface area contributed by atoms with Crippen molar-refractivity contribution in [3.63, 3.8) is 0 Å². The van der Waals surface area contributed by atoms with Gasteiger partial charge >= 0.3 is 0 Å². The molecule has 2 aromatic carbocycles. The molecular weight excluding hydrogens is 342 g/mol. The summed E-state index contributed by atoms with van der Waals surface area (Å²) < 4.78 is 5.71. The minimum Gasteiger partial charge on any atom is -0.489 e. The van der Waals surface area contributed by atoms with Crippen LogP contribution in [0, 0.1) is 5.92 Å². The molecule has 0 aromatic heterocycles. The zero-order valence-electron chi connectivity index (χ0n) is 15.6. The van der Waals surface area contributed by atoms with Crippen LogP contribution in [0.4, 0.5) is 0 Å². The summed E-state index contributed by atoms with van der Waals surface area (Å²) in [5.74, 6) is 0.336. The molecule has 6 nitrogen and oxygen atoms in total. The highest BCUT2D eigenvalue weighted by Crippen LogP contribution is 2.13. The molecule has 0 aliphatic rings. The van der Waals surface area contributed by atoms with Gasteiger partial charge in [0.1, 0.15) is 18.8 Å². The Hall–Kier alpha value is -3.15. The standard InChI is InChI=1S/C21H25N3O3/c1-16(2)13-22-20(25)12-21(26)24-23-14-17-8-10-19(11-9-17)27-15-18-6-4-3-5-7-18/h3-11,14,16H,12-13,15H2,1-2H3,(H,22,25)(H,24,26)/b23-14-. The van der Waals surface area contributed by atoms with E-state index >= 15 is 0 Å². The monoisotopic (exact) mass is 367 g/mol. The van der Waals surface area contributed by atoms with Gasteiger partial charge in [-0.3, -0.25) is 9.59 Å². The number of carbonyl (C=O) groups excluding carboxylic acids is 2. The zero-order valence-corrected chi connectivity index (χ0v) is 15.6. The Morgan fingerprint density at radius 2 is 1.74 bits per heavy atom. The van der Waals surface area contributed by atoms with Crippen LogP contribution in [-0.4, -0.2) is 24.6 Å². The molecule has 2 aromatic rings. The van der Waals surface area contributed by atoms with E-state index in [1.807, 2.05) is 68.4 Å². The van der Waals surface area contributed by atoms with Crippen LogP contribution < -0.4 is 15.5 Å². The second-order valence-corrected chi connectivity index (χ2v) is 6.51. The van der Waals surface area contributed by atoms with E-state index in [0.29, 0.717) is 19.1 Å². The van der Waals surface area contributed by atoms with E-state index in [0.717, 1.165) is 16.9 Å². The van der Waals surface area contributed by atoms with Crippen LogP contribution in [0.2, 0.25) is 0 Å². The first kappa shape index (κ1) is 20.2. The van der Waals surface area contributed by atoms with Crippen molar-refractivity contribution in [2.75, 3.05) is 6.54 Å². The van der Waals surface area contributed by atoms with Gasteiger partial charge in [-0.15, -0.1) is 0 Å². The minimum atomic E-state index is -0.449. The molecule has 0 radical (unpaired) electrons. The minimum absolute atomic E-state index is 0.240. The fraction of sp³-hybridized carbons (Fsp3) is 0.286. The summed E-state index contributed by atoms with van der Waals surface area (Å²) in [5, 5.41) is 6.55. The van der Waals surface area contributed by atoms with Gasteiger partial charge in [0.05, 0.1) is 6.21 Å². The molecule has 0 unspecified atom stereocenters. The van der Waals surface area contributed by atoms with E-state index in [9.17, 15) is 9.59 Å².